The summed E-state index contributed by atoms with van der Waals surface area (Å²) >= 11 is 0. The van der Waals surface area contributed by atoms with Gasteiger partial charge in [0.05, 0.1) is 6.54 Å². The van der Waals surface area contributed by atoms with Gasteiger partial charge in [0.15, 0.2) is 6.10 Å². The number of amides is 3. The van der Waals surface area contributed by atoms with Crippen LogP contribution in [0.5, 0.6) is 5.75 Å². The average Bonchev–Trinajstić information content (AvgIpc) is 2.90. The third-order valence-corrected chi connectivity index (χ3v) is 7.11. The molecule has 4 N–H and O–H groups in total. The summed E-state index contributed by atoms with van der Waals surface area (Å²) in [7, 11) is 0. The van der Waals surface area contributed by atoms with E-state index in [0.717, 1.165) is 37.8 Å². The molecule has 3 rings (SSSR count). The van der Waals surface area contributed by atoms with Gasteiger partial charge in [-0.15, -0.1) is 13.2 Å². The Kier molecular flexibility index (Phi) is 10.2. The van der Waals surface area contributed by atoms with Gasteiger partial charge >= 0.3 is 18.4 Å². The van der Waals surface area contributed by atoms with Crippen LogP contribution < -0.4 is 15.4 Å². The quantitative estimate of drug-likeness (QED) is 0.334. The number of pyridine rings is 1. The van der Waals surface area contributed by atoms with Crippen LogP contribution in [0.2, 0.25) is 0 Å². The number of nitrogens with zero attached hydrogens (tertiary/aromatic N) is 2. The Hall–Kier alpha value is -3.87. The first-order valence-corrected chi connectivity index (χ1v) is 13.2. The summed E-state index contributed by atoms with van der Waals surface area (Å²) in [6.07, 6.45) is -1.72. The summed E-state index contributed by atoms with van der Waals surface area (Å²) in [5.41, 5.74) is 1.08. The molecule has 1 fully saturated rings. The number of urea groups is 1. The molecule has 1 atom stereocenters. The van der Waals surface area contributed by atoms with Crippen molar-refractivity contribution in [3.8, 4) is 5.75 Å². The predicted molar refractivity (Wildman–Crippen MR) is 143 cm³/mol. The van der Waals surface area contributed by atoms with Gasteiger partial charge in [-0.2, -0.15) is 0 Å². The fourth-order valence-electron chi connectivity index (χ4n) is 4.77. The summed E-state index contributed by atoms with van der Waals surface area (Å²) in [4.78, 5) is 42.2. The Labute approximate surface area is 235 Å². The molecule has 1 aliphatic rings. The summed E-state index contributed by atoms with van der Waals surface area (Å²) in [5, 5.41) is 23.1. The lowest BCUT2D eigenvalue weighted by Gasteiger charge is -2.41. The number of carboxylic acids is 1. The molecule has 0 aliphatic heterocycles. The maximum Gasteiger partial charge on any atom is 0.573 e. The lowest BCUT2D eigenvalue weighted by atomic mass is 9.71. The van der Waals surface area contributed by atoms with Crippen molar-refractivity contribution in [3.05, 3.63) is 53.9 Å². The number of carbonyl (C=O) groups is 3. The van der Waals surface area contributed by atoms with Gasteiger partial charge in [-0.3, -0.25) is 9.78 Å². The van der Waals surface area contributed by atoms with E-state index < -0.39 is 42.7 Å². The molecule has 2 aromatic rings. The number of carbonyl (C=O) groups excluding carboxylic acids is 2. The fraction of sp³-hybridized carbons (Fsp3) is 0.500. The third kappa shape index (κ3) is 9.62. The highest BCUT2D eigenvalue weighted by Crippen LogP contribution is 2.39. The number of hydrogen-bond donors (Lipinski definition) is 4. The second-order valence-electron chi connectivity index (χ2n) is 11.1. The second-order valence-corrected chi connectivity index (χ2v) is 11.1. The van der Waals surface area contributed by atoms with E-state index in [2.05, 4.69) is 41.1 Å². The zero-order chi connectivity index (χ0) is 30.4. The monoisotopic (exact) mass is 580 g/mol. The molecule has 1 saturated carbocycles. The van der Waals surface area contributed by atoms with Crippen LogP contribution in [0.25, 0.3) is 0 Å². The zero-order valence-corrected chi connectivity index (χ0v) is 23.1. The lowest BCUT2D eigenvalue weighted by Crippen LogP contribution is -2.45. The van der Waals surface area contributed by atoms with Crippen LogP contribution in [-0.4, -0.2) is 63.1 Å². The van der Waals surface area contributed by atoms with Gasteiger partial charge in [-0.25, -0.2) is 9.59 Å². The number of aliphatic hydroxyl groups excluding tert-OH is 1. The van der Waals surface area contributed by atoms with Gasteiger partial charge in [0.1, 0.15) is 11.4 Å². The number of halogens is 3. The topological polar surface area (TPSA) is 141 Å². The number of anilines is 1. The van der Waals surface area contributed by atoms with Crippen LogP contribution in [0.1, 0.15) is 62.5 Å². The number of rotatable bonds is 9. The molecule has 1 unspecified atom stereocenters. The van der Waals surface area contributed by atoms with E-state index in [-0.39, 0.29) is 23.7 Å². The van der Waals surface area contributed by atoms with Crippen molar-refractivity contribution in [2.75, 3.05) is 11.9 Å². The van der Waals surface area contributed by atoms with Crippen molar-refractivity contribution in [2.24, 2.45) is 11.3 Å². The molecule has 0 spiro atoms. The Balaban J connectivity index is 1.72. The SMILES string of the molecule is CC(C)(C)C1CCC(N(Cc2ccc(C(=O)NCC(O)C(=O)O)nc2)C(=O)Nc2ccc(OC(F)(F)F)cc2)CC1. The Morgan fingerprint density at radius 3 is 2.20 bits per heavy atom. The minimum Gasteiger partial charge on any atom is -0.479 e. The number of carboxylic acid groups (broad SMARTS) is 1. The molecule has 3 amide bonds. The molecule has 0 saturated heterocycles. The molecule has 1 heterocycles. The molecule has 1 aromatic heterocycles. The van der Waals surface area contributed by atoms with Gasteiger partial charge in [0.2, 0.25) is 0 Å². The van der Waals surface area contributed by atoms with Crippen molar-refractivity contribution in [2.45, 2.75) is 71.5 Å². The molecule has 1 aromatic carbocycles. The number of aliphatic hydroxyl groups is 1. The maximum atomic E-state index is 13.4. The van der Waals surface area contributed by atoms with Gasteiger partial charge < -0.3 is 30.5 Å². The molecular formula is C28H35F3N4O6. The van der Waals surface area contributed by atoms with Crippen molar-refractivity contribution in [3.63, 3.8) is 0 Å². The Morgan fingerprint density at radius 1 is 1.05 bits per heavy atom. The molecule has 0 bridgehead atoms. The van der Waals surface area contributed by atoms with Gasteiger partial charge in [-0.1, -0.05) is 26.8 Å². The van der Waals surface area contributed by atoms with E-state index in [0.29, 0.717) is 17.2 Å². The predicted octanol–water partition coefficient (Wildman–Crippen LogP) is 4.79. The average molecular weight is 581 g/mol. The minimum absolute atomic E-state index is 0.00851. The highest BCUT2D eigenvalue weighted by Gasteiger charge is 2.34. The van der Waals surface area contributed by atoms with Crippen molar-refractivity contribution >= 4 is 23.6 Å². The number of benzene rings is 1. The number of ether oxygens (including phenoxy) is 1. The number of nitrogens with one attached hydrogen (secondary N) is 2. The normalized spacial score (nSPS) is 18.2. The second kappa shape index (κ2) is 13.2. The summed E-state index contributed by atoms with van der Waals surface area (Å²) in [5.74, 6) is -2.02. The van der Waals surface area contributed by atoms with Crippen LogP contribution >= 0.6 is 0 Å². The van der Waals surface area contributed by atoms with Crippen molar-refractivity contribution in [1.82, 2.24) is 15.2 Å². The smallest absolute Gasteiger partial charge is 0.479 e. The standard InChI is InChI=1S/C28H35F3N4O6/c1-27(2,3)18-5-9-20(10-6-18)35(26(40)34-19-7-11-21(12-8-19)41-28(29,30)31)16-17-4-13-22(32-14-17)24(37)33-15-23(36)25(38)39/h4,7-8,11-14,18,20,23,36H,5-6,9-10,15-16H2,1-3H3,(H,33,37)(H,34,40)(H,38,39). The maximum absolute atomic E-state index is 13.4. The molecule has 13 heteroatoms. The Morgan fingerprint density at radius 2 is 1.68 bits per heavy atom. The Bertz CT molecular complexity index is 1190. The number of aliphatic carboxylic acids is 1. The summed E-state index contributed by atoms with van der Waals surface area (Å²) in [6.45, 7) is 6.27. The summed E-state index contributed by atoms with van der Waals surface area (Å²) < 4.78 is 41.3. The van der Waals surface area contributed by atoms with Gasteiger partial charge in [0.25, 0.3) is 5.91 Å². The lowest BCUT2D eigenvalue weighted by molar-refractivity contribution is -0.274. The van der Waals surface area contributed by atoms with Crippen LogP contribution in [0.15, 0.2) is 42.6 Å². The van der Waals surface area contributed by atoms with Gasteiger partial charge in [-0.05, 0) is 72.9 Å². The first-order valence-electron chi connectivity index (χ1n) is 13.2. The highest BCUT2D eigenvalue weighted by atomic mass is 19.4. The molecule has 1 aliphatic carbocycles. The largest absolute Gasteiger partial charge is 0.573 e. The van der Waals surface area contributed by atoms with E-state index in [1.54, 1.807) is 11.0 Å². The van der Waals surface area contributed by atoms with E-state index in [9.17, 15) is 32.7 Å². The van der Waals surface area contributed by atoms with Crippen LogP contribution in [0.4, 0.5) is 23.7 Å². The molecule has 10 nitrogen and oxygen atoms in total. The highest BCUT2D eigenvalue weighted by molar-refractivity contribution is 5.92. The molecule has 0 radical (unpaired) electrons. The first kappa shape index (κ1) is 31.7. The van der Waals surface area contributed by atoms with Crippen LogP contribution in [-0.2, 0) is 11.3 Å². The van der Waals surface area contributed by atoms with Crippen molar-refractivity contribution < 1.29 is 42.5 Å². The molecule has 41 heavy (non-hydrogen) atoms. The van der Waals surface area contributed by atoms with E-state index >= 15 is 0 Å². The van der Waals surface area contributed by atoms with Crippen molar-refractivity contribution in [1.29, 1.82) is 0 Å². The zero-order valence-electron chi connectivity index (χ0n) is 23.1. The fourth-order valence-corrected chi connectivity index (χ4v) is 4.77. The number of hydrogen-bond acceptors (Lipinski definition) is 6. The van der Waals surface area contributed by atoms with E-state index in [1.165, 1.54) is 24.4 Å². The number of alkyl halides is 3. The molecule has 224 valence electrons. The van der Waals surface area contributed by atoms with Crippen LogP contribution in [0, 0.1) is 11.3 Å². The molecular weight excluding hydrogens is 545 g/mol. The third-order valence-electron chi connectivity index (χ3n) is 7.11. The van der Waals surface area contributed by atoms with E-state index in [1.807, 2.05) is 0 Å². The summed E-state index contributed by atoms with van der Waals surface area (Å²) in [6, 6.07) is 7.41. The minimum atomic E-state index is -4.82. The van der Waals surface area contributed by atoms with Gasteiger partial charge in [0, 0.05) is 24.5 Å². The van der Waals surface area contributed by atoms with Crippen LogP contribution in [0.3, 0.4) is 0 Å². The number of aromatic nitrogens is 1. The van der Waals surface area contributed by atoms with E-state index in [4.69, 9.17) is 5.11 Å². The first-order chi connectivity index (χ1) is 19.1.